The summed E-state index contributed by atoms with van der Waals surface area (Å²) in [6.45, 7) is 11.5. The number of phosphoric acid groups is 1. The Balaban J connectivity index is 2.09. The first-order valence-electron chi connectivity index (χ1n) is 48.9. The third-order valence-corrected chi connectivity index (χ3v) is 24.6. The molecule has 0 saturated carbocycles. The summed E-state index contributed by atoms with van der Waals surface area (Å²) in [6.07, 6.45) is 41.7. The van der Waals surface area contributed by atoms with Gasteiger partial charge in [-0.1, -0.05) is 375 Å². The van der Waals surface area contributed by atoms with Gasteiger partial charge in [0.05, 0.1) is 51.1 Å². The van der Waals surface area contributed by atoms with E-state index in [0.29, 0.717) is 64.2 Å². The fraction of sp³-hybridized carbons (Fsp3) is 0.936. The van der Waals surface area contributed by atoms with Crippen molar-refractivity contribution in [2.45, 2.75) is 551 Å². The van der Waals surface area contributed by atoms with Crippen molar-refractivity contribution < 1.29 is 101 Å². The molecule has 3 aliphatic rings. The van der Waals surface area contributed by atoms with Crippen LogP contribution >= 0.6 is 7.82 Å². The van der Waals surface area contributed by atoms with Crippen LogP contribution in [0.1, 0.15) is 465 Å². The Hall–Kier alpha value is -3.35. The molecule has 10 unspecified atom stereocenters. The van der Waals surface area contributed by atoms with E-state index in [0.717, 1.165) is 180 Å². The second-order valence-corrected chi connectivity index (χ2v) is 36.3. The number of phosphoric ester groups is 1. The first kappa shape index (κ1) is 109. The highest BCUT2D eigenvalue weighted by Crippen LogP contribution is 2.45. The van der Waals surface area contributed by atoms with Crippen LogP contribution in [-0.2, 0) is 71.0 Å². The molecule has 2 amide bonds. The number of fused-ring (bicyclic) bond motifs is 1. The molecule has 0 aromatic heterocycles. The normalized spacial score (nSPS) is 20.9. The molecule has 692 valence electrons. The number of amides is 2. The van der Waals surface area contributed by atoms with Gasteiger partial charge < -0.3 is 73.6 Å². The van der Waals surface area contributed by atoms with Crippen molar-refractivity contribution in [1.82, 2.24) is 10.2 Å². The summed E-state index contributed by atoms with van der Waals surface area (Å²) in [5.41, 5.74) is 0. The topological polar surface area (TPSA) is 330 Å². The number of rotatable bonds is 81. The smallest absolute Gasteiger partial charge is 0.462 e. The monoisotopic (exact) mass is 1700 g/mol. The van der Waals surface area contributed by atoms with Crippen LogP contribution in [0.15, 0.2) is 0 Å². The first-order valence-corrected chi connectivity index (χ1v) is 50.5. The highest BCUT2D eigenvalue weighted by molar-refractivity contribution is 7.46. The van der Waals surface area contributed by atoms with Crippen molar-refractivity contribution in [3.05, 3.63) is 0 Å². The lowest BCUT2D eigenvalue weighted by Crippen LogP contribution is -2.66. The molecular formula is C94H175N2O21P. The third kappa shape index (κ3) is 53.1. The van der Waals surface area contributed by atoms with E-state index in [-0.39, 0.29) is 19.3 Å². The number of unbranched alkanes of at least 4 members (excludes halogenated alkanes) is 50. The van der Waals surface area contributed by atoms with Crippen molar-refractivity contribution in [2.24, 2.45) is 0 Å². The molecule has 3 heterocycles. The predicted octanol–water partition coefficient (Wildman–Crippen LogP) is 21.2. The summed E-state index contributed by atoms with van der Waals surface area (Å²) in [5.74, 6) is -4.07. The fourth-order valence-corrected chi connectivity index (χ4v) is 17.4. The number of hydrogen-bond acceptors (Lipinski definition) is 19. The molecule has 0 spiro atoms. The van der Waals surface area contributed by atoms with Gasteiger partial charge in [0.15, 0.2) is 24.7 Å². The molecule has 0 aromatic rings. The molecular weight excluding hydrogens is 1520 g/mol. The van der Waals surface area contributed by atoms with Gasteiger partial charge >= 0.3 is 31.7 Å². The van der Waals surface area contributed by atoms with E-state index in [1.165, 1.54) is 146 Å². The number of carbonyl (C=O) groups excluding carboxylic acids is 6. The molecule has 0 radical (unpaired) electrons. The zero-order chi connectivity index (χ0) is 86.1. The van der Waals surface area contributed by atoms with Crippen LogP contribution in [-0.4, -0.2) is 170 Å². The number of nitrogens with one attached hydrogen (secondary N) is 1. The number of hydrogen-bond donors (Lipinski definition) is 7. The van der Waals surface area contributed by atoms with Crippen LogP contribution in [0.2, 0.25) is 0 Å². The Labute approximate surface area is 715 Å². The second-order valence-electron chi connectivity index (χ2n) is 35.1. The summed E-state index contributed by atoms with van der Waals surface area (Å²) >= 11 is 0. The largest absolute Gasteiger partial charge is 0.470 e. The van der Waals surface area contributed by atoms with Crippen molar-refractivity contribution in [1.29, 1.82) is 0 Å². The van der Waals surface area contributed by atoms with Gasteiger partial charge in [-0.25, -0.2) is 4.57 Å². The molecule has 0 aliphatic carbocycles. The maximum absolute atomic E-state index is 15.1. The molecule has 118 heavy (non-hydrogen) atoms. The average Bonchev–Trinajstić information content (AvgIpc) is 1.56. The van der Waals surface area contributed by atoms with Crippen LogP contribution in [0.4, 0.5) is 0 Å². The lowest BCUT2D eigenvalue weighted by Gasteiger charge is -2.45. The van der Waals surface area contributed by atoms with Crippen molar-refractivity contribution in [3.63, 3.8) is 0 Å². The van der Waals surface area contributed by atoms with E-state index in [9.17, 15) is 58.8 Å². The van der Waals surface area contributed by atoms with Gasteiger partial charge in [-0.05, 0) is 51.4 Å². The van der Waals surface area contributed by atoms with Crippen molar-refractivity contribution in [2.75, 3.05) is 13.2 Å². The number of carbonyl (C=O) groups is 6. The van der Waals surface area contributed by atoms with Gasteiger partial charge in [-0.15, -0.1) is 0 Å². The number of aliphatic hydroxyl groups excluding tert-OH is 4. The highest BCUT2D eigenvalue weighted by Gasteiger charge is 2.65. The third-order valence-electron chi connectivity index (χ3n) is 24.1. The van der Waals surface area contributed by atoms with Gasteiger partial charge in [-0.2, -0.15) is 0 Å². The molecule has 3 rings (SSSR count). The lowest BCUT2D eigenvalue weighted by atomic mass is 9.95. The van der Waals surface area contributed by atoms with Gasteiger partial charge in [0.2, 0.25) is 11.8 Å². The van der Waals surface area contributed by atoms with Crippen LogP contribution in [0, 0.1) is 0 Å². The summed E-state index contributed by atoms with van der Waals surface area (Å²) in [4.78, 5) is 109. The van der Waals surface area contributed by atoms with Crippen LogP contribution < -0.4 is 5.32 Å². The molecule has 0 aromatic carbocycles. The molecule has 0 bridgehead atoms. The quantitative estimate of drug-likeness (QED) is 0.00978. The molecule has 3 saturated heterocycles. The van der Waals surface area contributed by atoms with Crippen LogP contribution in [0.5, 0.6) is 0 Å². The zero-order valence-electron chi connectivity index (χ0n) is 75.4. The van der Waals surface area contributed by atoms with Gasteiger partial charge in [0.1, 0.15) is 48.7 Å². The van der Waals surface area contributed by atoms with Crippen LogP contribution in [0.3, 0.4) is 0 Å². The fourth-order valence-electron chi connectivity index (χ4n) is 16.8. The second kappa shape index (κ2) is 70.9. The van der Waals surface area contributed by atoms with Gasteiger partial charge in [0, 0.05) is 12.8 Å². The van der Waals surface area contributed by atoms with E-state index in [4.69, 9.17) is 37.7 Å². The Morgan fingerprint density at radius 2 is 0.720 bits per heavy atom. The standard InChI is InChI=1S/C94H175N2O21P/c1-7-13-19-25-31-37-38-44-50-56-62-68-84(103)112-78(66-60-54-48-42-35-29-23-17-11-5)72-86(105)115-91-87(95-81(100)71-77(65-59-53-47-41-34-28-22-16-10-4)111-83(102)67-61-55-49-43-36-30-24-18-12-6)94(114-79(73-97)90(91)117-118(107,108)109)110-74-80-89(106)92(116-85(104)70-76(99)64-58-52-46-40-33-27-21-15-9-3)88-93(113-80)96(88)82(101)69-75(98)63-57-51-45-39-32-26-20-14-8-2/h75-80,87-94,97-99,106H,7-74H2,1-6H3,(H,95,100)(H2,107,108,109)/t75-,76-,77-,78-,79?,80?,87?,88?,89?,90?,91?,92?,93?,94?,96?/m1/s1. The van der Waals surface area contributed by atoms with Gasteiger partial charge in [0.25, 0.3) is 0 Å². The molecule has 3 aliphatic heterocycles. The van der Waals surface area contributed by atoms with Crippen LogP contribution in [0.25, 0.3) is 0 Å². The van der Waals surface area contributed by atoms with E-state index in [1.807, 2.05) is 0 Å². The summed E-state index contributed by atoms with van der Waals surface area (Å²) < 4.78 is 62.7. The first-order chi connectivity index (χ1) is 57.2. The maximum atomic E-state index is 15.1. The summed E-state index contributed by atoms with van der Waals surface area (Å²) in [5, 5.41) is 48.9. The Morgan fingerprint density at radius 1 is 0.390 bits per heavy atom. The molecule has 3 fully saturated rings. The van der Waals surface area contributed by atoms with E-state index < -0.39 is 162 Å². The summed E-state index contributed by atoms with van der Waals surface area (Å²) in [7, 11) is -5.59. The molecule has 23 nitrogen and oxygen atoms in total. The Bertz CT molecular complexity index is 2550. The Kier molecular flexibility index (Phi) is 65.4. The maximum Gasteiger partial charge on any atom is 0.470 e. The minimum atomic E-state index is -5.59. The predicted molar refractivity (Wildman–Crippen MR) is 466 cm³/mol. The minimum Gasteiger partial charge on any atom is -0.462 e. The number of ether oxygens (including phenoxy) is 7. The average molecular weight is 1700 g/mol. The van der Waals surface area contributed by atoms with E-state index in [1.54, 1.807) is 0 Å². The van der Waals surface area contributed by atoms with Crippen molar-refractivity contribution >= 4 is 43.5 Å². The number of esters is 4. The minimum absolute atomic E-state index is 0.127. The number of nitrogens with zero attached hydrogens (tertiary/aromatic N) is 1. The van der Waals surface area contributed by atoms with E-state index >= 15 is 4.79 Å². The van der Waals surface area contributed by atoms with Gasteiger partial charge in [-0.3, -0.25) is 33.3 Å². The molecule has 24 heteroatoms. The SMILES string of the molecule is CCCCCCCCCCCCCC(=O)O[C@H](CCCCCCCCCCC)CC(=O)OC1C(NC(=O)C[C@@H](CCCCCCCCCCC)OC(=O)CCCCCCCCCCC)C(OCC2OC3C(C(OC(=O)C[C@H](O)CCCCCCCCCCC)C2O)N3C(=O)C[C@H](O)CCCCCCCCCCC)OC(CO)C1OP(=O)(O)O. The molecule has 7 N–H and O–H groups in total. The Morgan fingerprint density at radius 3 is 1.09 bits per heavy atom. The lowest BCUT2D eigenvalue weighted by molar-refractivity contribution is -0.282. The number of aliphatic hydroxyl groups is 4. The zero-order valence-corrected chi connectivity index (χ0v) is 76.3. The van der Waals surface area contributed by atoms with E-state index in [2.05, 4.69) is 46.9 Å². The van der Waals surface area contributed by atoms with Crippen molar-refractivity contribution in [3.8, 4) is 0 Å². The molecule has 14 atom stereocenters. The highest BCUT2D eigenvalue weighted by atomic mass is 31.2. The summed E-state index contributed by atoms with van der Waals surface area (Å²) in [6, 6.07) is -2.76.